The normalized spacial score (nSPS) is 11.1. The molecular weight excluding hydrogens is 455 g/mol. The van der Waals surface area contributed by atoms with Gasteiger partial charge in [-0.15, -0.1) is 0 Å². The van der Waals surface area contributed by atoms with Gasteiger partial charge in [0.2, 0.25) is 5.91 Å². The number of methoxy groups -OCH3 is 1. The van der Waals surface area contributed by atoms with Crippen LogP contribution in [-0.2, 0) is 21.4 Å². The number of nitrogens with zero attached hydrogens (tertiary/aromatic N) is 1. The summed E-state index contributed by atoms with van der Waals surface area (Å²) in [6.07, 6.45) is 0. The highest BCUT2D eigenvalue weighted by Crippen LogP contribution is 2.31. The van der Waals surface area contributed by atoms with Gasteiger partial charge in [0.15, 0.2) is 0 Å². The number of carbonyl (C=O) groups excluding carboxylic acids is 1. The zero-order chi connectivity index (χ0) is 23.3. The van der Waals surface area contributed by atoms with Crippen LogP contribution in [0.25, 0.3) is 0 Å². The minimum atomic E-state index is -4.21. The first-order valence-electron chi connectivity index (χ1n) is 9.65. The third-order valence-corrected chi connectivity index (χ3v) is 6.74. The first-order valence-corrected chi connectivity index (χ1v) is 11.5. The number of rotatable bonds is 8. The van der Waals surface area contributed by atoms with Crippen molar-refractivity contribution in [1.29, 1.82) is 0 Å². The molecule has 0 atom stereocenters. The summed E-state index contributed by atoms with van der Waals surface area (Å²) in [6, 6.07) is 16.5. The van der Waals surface area contributed by atoms with Crippen molar-refractivity contribution in [2.45, 2.75) is 18.4 Å². The van der Waals surface area contributed by atoms with E-state index in [1.54, 1.807) is 43.3 Å². The molecule has 3 aromatic carbocycles. The summed E-state index contributed by atoms with van der Waals surface area (Å²) in [4.78, 5) is 12.6. The van der Waals surface area contributed by atoms with E-state index in [4.69, 9.17) is 16.3 Å². The lowest BCUT2D eigenvalue weighted by Gasteiger charge is -2.25. The molecule has 0 spiro atoms. The van der Waals surface area contributed by atoms with Crippen LogP contribution in [0.5, 0.6) is 5.75 Å². The summed E-state index contributed by atoms with van der Waals surface area (Å²) in [6.45, 7) is 1.44. The van der Waals surface area contributed by atoms with Gasteiger partial charge in [-0.3, -0.25) is 9.10 Å². The smallest absolute Gasteiger partial charge is 0.268 e. The Hall–Kier alpha value is -3.10. The number of anilines is 1. The monoisotopic (exact) mass is 476 g/mol. The molecule has 32 heavy (non-hydrogen) atoms. The molecule has 0 aromatic heterocycles. The van der Waals surface area contributed by atoms with Crippen molar-refractivity contribution in [3.8, 4) is 5.75 Å². The van der Waals surface area contributed by atoms with Gasteiger partial charge in [-0.25, -0.2) is 12.8 Å². The van der Waals surface area contributed by atoms with Gasteiger partial charge < -0.3 is 10.1 Å². The van der Waals surface area contributed by atoms with Gasteiger partial charge in [-0.1, -0.05) is 29.8 Å². The maximum Gasteiger partial charge on any atom is 0.268 e. The topological polar surface area (TPSA) is 75.7 Å². The maximum absolute atomic E-state index is 13.6. The van der Waals surface area contributed by atoms with E-state index in [9.17, 15) is 17.6 Å². The van der Waals surface area contributed by atoms with E-state index in [-0.39, 0.29) is 22.9 Å². The number of ether oxygens (including phenoxy) is 1. The molecule has 0 saturated heterocycles. The summed E-state index contributed by atoms with van der Waals surface area (Å²) in [5.74, 6) is -0.907. The Morgan fingerprint density at radius 3 is 2.34 bits per heavy atom. The number of hydrogen-bond acceptors (Lipinski definition) is 4. The molecule has 168 valence electrons. The third kappa shape index (κ3) is 5.57. The van der Waals surface area contributed by atoms with Gasteiger partial charge in [0.25, 0.3) is 10.0 Å². The molecule has 1 N–H and O–H groups in total. The van der Waals surface area contributed by atoms with Crippen LogP contribution in [0, 0.1) is 12.7 Å². The van der Waals surface area contributed by atoms with E-state index >= 15 is 0 Å². The fraction of sp³-hybridized carbons (Fsp3) is 0.174. The minimum absolute atomic E-state index is 0.0881. The number of sulfonamides is 1. The highest BCUT2D eigenvalue weighted by Gasteiger charge is 2.30. The van der Waals surface area contributed by atoms with Crippen molar-refractivity contribution in [2.24, 2.45) is 0 Å². The van der Waals surface area contributed by atoms with Gasteiger partial charge in [0.1, 0.15) is 23.0 Å². The molecule has 6 nitrogen and oxygen atoms in total. The zero-order valence-electron chi connectivity index (χ0n) is 17.5. The van der Waals surface area contributed by atoms with E-state index < -0.39 is 28.3 Å². The number of benzene rings is 3. The summed E-state index contributed by atoms with van der Waals surface area (Å²) in [5, 5.41) is 3.27. The van der Waals surface area contributed by atoms with E-state index in [1.165, 1.54) is 25.3 Å². The summed E-state index contributed by atoms with van der Waals surface area (Å²) in [5.41, 5.74) is 1.66. The zero-order valence-corrected chi connectivity index (χ0v) is 19.1. The predicted molar refractivity (Wildman–Crippen MR) is 122 cm³/mol. The molecule has 0 radical (unpaired) electrons. The van der Waals surface area contributed by atoms with Gasteiger partial charge in [0.05, 0.1) is 12.8 Å². The molecule has 0 fully saturated rings. The van der Waals surface area contributed by atoms with Crippen LogP contribution < -0.4 is 14.4 Å². The highest BCUT2D eigenvalue weighted by molar-refractivity contribution is 7.93. The fourth-order valence-electron chi connectivity index (χ4n) is 3.02. The van der Waals surface area contributed by atoms with Crippen LogP contribution in [0.2, 0.25) is 5.02 Å². The molecular formula is C23H22ClFN2O4S. The predicted octanol–water partition coefficient (Wildman–Crippen LogP) is 4.31. The molecule has 9 heteroatoms. The molecule has 0 aliphatic heterocycles. The fourth-order valence-corrected chi connectivity index (χ4v) is 4.81. The Morgan fingerprint density at radius 1 is 1.06 bits per heavy atom. The average Bonchev–Trinajstić information content (AvgIpc) is 2.77. The van der Waals surface area contributed by atoms with Crippen molar-refractivity contribution in [2.75, 3.05) is 18.0 Å². The van der Waals surface area contributed by atoms with Crippen molar-refractivity contribution >= 4 is 33.2 Å². The van der Waals surface area contributed by atoms with Crippen LogP contribution in [0.1, 0.15) is 11.1 Å². The highest BCUT2D eigenvalue weighted by atomic mass is 35.5. The second-order valence-corrected chi connectivity index (χ2v) is 9.31. The van der Waals surface area contributed by atoms with Crippen LogP contribution >= 0.6 is 11.6 Å². The van der Waals surface area contributed by atoms with E-state index in [2.05, 4.69) is 5.32 Å². The Balaban J connectivity index is 1.92. The Morgan fingerprint density at radius 2 is 1.72 bits per heavy atom. The Bertz CT molecular complexity index is 1200. The average molecular weight is 477 g/mol. The largest absolute Gasteiger partial charge is 0.495 e. The van der Waals surface area contributed by atoms with Crippen molar-refractivity contribution in [3.63, 3.8) is 0 Å². The van der Waals surface area contributed by atoms with Crippen LogP contribution in [-0.4, -0.2) is 28.0 Å². The van der Waals surface area contributed by atoms with Gasteiger partial charge in [-0.05, 0) is 66.6 Å². The lowest BCUT2D eigenvalue weighted by atomic mass is 10.2. The number of nitrogens with one attached hydrogen (secondary N) is 1. The van der Waals surface area contributed by atoms with Crippen LogP contribution in [0.4, 0.5) is 10.1 Å². The summed E-state index contributed by atoms with van der Waals surface area (Å²) < 4.78 is 46.7. The number of aryl methyl sites for hydroxylation is 1. The lowest BCUT2D eigenvalue weighted by molar-refractivity contribution is -0.119. The van der Waals surface area contributed by atoms with Crippen molar-refractivity contribution < 1.29 is 22.3 Å². The molecule has 0 unspecified atom stereocenters. The number of halogens is 2. The second-order valence-electron chi connectivity index (χ2n) is 7.05. The molecule has 0 aliphatic carbocycles. The molecule has 3 rings (SSSR count). The summed E-state index contributed by atoms with van der Waals surface area (Å²) >= 11 is 5.87. The van der Waals surface area contributed by atoms with E-state index in [0.29, 0.717) is 10.6 Å². The van der Waals surface area contributed by atoms with Crippen LogP contribution in [0.15, 0.2) is 71.6 Å². The molecule has 0 bridgehead atoms. The lowest BCUT2D eigenvalue weighted by Crippen LogP contribution is -2.40. The SMILES string of the molecule is COc1ccc(C)cc1S(=O)(=O)N(CC(=O)NCc1ccc(Cl)cc1)c1ccc(F)cc1. The van der Waals surface area contributed by atoms with Gasteiger partial charge in [0, 0.05) is 11.6 Å². The first kappa shape index (κ1) is 23.6. The third-order valence-electron chi connectivity index (χ3n) is 4.69. The minimum Gasteiger partial charge on any atom is -0.495 e. The number of carbonyl (C=O) groups is 1. The molecule has 3 aromatic rings. The molecule has 0 saturated carbocycles. The standard InChI is InChI=1S/C23H22ClFN2O4S/c1-16-3-12-21(31-2)22(13-16)32(29,30)27(20-10-8-19(25)9-11-20)15-23(28)26-14-17-4-6-18(24)7-5-17/h3-13H,14-15H2,1-2H3,(H,26,28). The number of hydrogen-bond donors (Lipinski definition) is 1. The second kappa shape index (κ2) is 10.0. The van der Waals surface area contributed by atoms with E-state index in [0.717, 1.165) is 22.0 Å². The Kier molecular flexibility index (Phi) is 7.37. The van der Waals surface area contributed by atoms with Crippen LogP contribution in [0.3, 0.4) is 0 Å². The summed E-state index contributed by atoms with van der Waals surface area (Å²) in [7, 11) is -2.84. The Labute approximate surface area is 191 Å². The van der Waals surface area contributed by atoms with Gasteiger partial charge in [-0.2, -0.15) is 0 Å². The van der Waals surface area contributed by atoms with E-state index in [1.807, 2.05) is 0 Å². The maximum atomic E-state index is 13.6. The first-order chi connectivity index (χ1) is 15.2. The quantitative estimate of drug-likeness (QED) is 0.525. The number of amides is 1. The van der Waals surface area contributed by atoms with Crippen molar-refractivity contribution in [3.05, 3.63) is 88.7 Å². The molecule has 0 aliphatic rings. The molecule has 0 heterocycles. The molecule has 1 amide bonds. The van der Waals surface area contributed by atoms with Gasteiger partial charge >= 0.3 is 0 Å². The van der Waals surface area contributed by atoms with Crippen molar-refractivity contribution in [1.82, 2.24) is 5.32 Å².